The van der Waals surface area contributed by atoms with Crippen LogP contribution in [-0.4, -0.2) is 9.13 Å². The number of hydrogen-bond acceptors (Lipinski definition) is 3. The van der Waals surface area contributed by atoms with Crippen LogP contribution in [0.25, 0.3) is 86.3 Å². The van der Waals surface area contributed by atoms with Crippen molar-refractivity contribution in [3.8, 4) is 34.6 Å². The maximum absolute atomic E-state index is 10.4. The topological polar surface area (TPSA) is 57.4 Å². The highest BCUT2D eigenvalue weighted by Gasteiger charge is 2.21. The van der Waals surface area contributed by atoms with E-state index in [1.807, 2.05) is 47.7 Å². The fourth-order valence-corrected chi connectivity index (χ4v) is 8.91. The second-order valence-electron chi connectivity index (χ2n) is 12.3. The lowest BCUT2D eigenvalue weighted by Gasteiger charge is -2.17. The van der Waals surface area contributed by atoms with Gasteiger partial charge in [-0.25, -0.2) is 0 Å². The standard InChI is InChI=1S/C44H24N4S/c45-25-27-17-20-30(28-18-19-29(26-46)40(24-28)47-37-13-5-1-9-31(37)32-10-2-6-14-38(32)47)41(23-27)48-39-15-7-3-11-33(39)35-21-22-36-34-12-4-8-16-42(34)49-44(36)43(35)48/h1-24H. The molecule has 3 aromatic heterocycles. The van der Waals surface area contributed by atoms with Crippen LogP contribution in [0.1, 0.15) is 11.1 Å². The summed E-state index contributed by atoms with van der Waals surface area (Å²) in [5, 5.41) is 27.6. The lowest BCUT2D eigenvalue weighted by molar-refractivity contribution is 1.16. The van der Waals surface area contributed by atoms with Crippen LogP contribution in [0.4, 0.5) is 0 Å². The lowest BCUT2D eigenvalue weighted by Crippen LogP contribution is -2.01. The highest BCUT2D eigenvalue weighted by Crippen LogP contribution is 2.45. The first-order valence-corrected chi connectivity index (χ1v) is 17.0. The van der Waals surface area contributed by atoms with Crippen molar-refractivity contribution in [3.05, 3.63) is 157 Å². The molecule has 0 saturated carbocycles. The minimum atomic E-state index is 0.587. The molecular weight excluding hydrogens is 617 g/mol. The summed E-state index contributed by atoms with van der Waals surface area (Å²) >= 11 is 1.81. The molecule has 0 unspecified atom stereocenters. The summed E-state index contributed by atoms with van der Waals surface area (Å²) in [4.78, 5) is 0. The lowest BCUT2D eigenvalue weighted by atomic mass is 9.98. The van der Waals surface area contributed by atoms with Crippen LogP contribution in [0, 0.1) is 22.7 Å². The Bertz CT molecular complexity index is 3030. The Balaban J connectivity index is 1.31. The number of rotatable bonds is 3. The molecule has 226 valence electrons. The number of hydrogen-bond donors (Lipinski definition) is 0. The predicted molar refractivity (Wildman–Crippen MR) is 203 cm³/mol. The molecule has 5 heteroatoms. The maximum Gasteiger partial charge on any atom is 0.101 e. The highest BCUT2D eigenvalue weighted by molar-refractivity contribution is 7.26. The van der Waals surface area contributed by atoms with Crippen LogP contribution in [0.15, 0.2) is 146 Å². The molecule has 10 rings (SSSR count). The van der Waals surface area contributed by atoms with E-state index in [1.165, 1.54) is 25.6 Å². The first kappa shape index (κ1) is 27.5. The Morgan fingerprint density at radius 3 is 1.78 bits per heavy atom. The molecule has 4 nitrogen and oxygen atoms in total. The van der Waals surface area contributed by atoms with Crippen molar-refractivity contribution in [1.29, 1.82) is 10.5 Å². The maximum atomic E-state index is 10.4. The van der Waals surface area contributed by atoms with Crippen LogP contribution in [0.5, 0.6) is 0 Å². The van der Waals surface area contributed by atoms with Crippen molar-refractivity contribution in [1.82, 2.24) is 9.13 Å². The van der Waals surface area contributed by atoms with E-state index in [9.17, 15) is 10.5 Å². The number of fused-ring (bicyclic) bond motifs is 10. The van der Waals surface area contributed by atoms with Gasteiger partial charge in [0.1, 0.15) is 6.07 Å². The van der Waals surface area contributed by atoms with Gasteiger partial charge in [0.15, 0.2) is 0 Å². The molecule has 3 heterocycles. The van der Waals surface area contributed by atoms with Gasteiger partial charge in [0.2, 0.25) is 0 Å². The van der Waals surface area contributed by atoms with Crippen molar-refractivity contribution < 1.29 is 0 Å². The summed E-state index contributed by atoms with van der Waals surface area (Å²) in [6, 6.07) is 55.2. The minimum Gasteiger partial charge on any atom is -0.308 e. The van der Waals surface area contributed by atoms with Gasteiger partial charge in [-0.05, 0) is 54.1 Å². The zero-order valence-corrected chi connectivity index (χ0v) is 26.9. The number of nitriles is 2. The average molecular weight is 641 g/mol. The first-order chi connectivity index (χ1) is 24.2. The number of thiophene rings is 1. The van der Waals surface area contributed by atoms with E-state index in [-0.39, 0.29) is 0 Å². The molecule has 7 aromatic carbocycles. The molecule has 0 bridgehead atoms. The van der Waals surface area contributed by atoms with E-state index in [2.05, 4.69) is 130 Å². The fourth-order valence-electron chi connectivity index (χ4n) is 7.67. The van der Waals surface area contributed by atoms with Crippen LogP contribution in [-0.2, 0) is 0 Å². The normalized spacial score (nSPS) is 11.6. The van der Waals surface area contributed by atoms with E-state index in [0.29, 0.717) is 11.1 Å². The van der Waals surface area contributed by atoms with Gasteiger partial charge < -0.3 is 9.13 Å². The van der Waals surface area contributed by atoms with Crippen molar-refractivity contribution >= 4 is 75.1 Å². The molecule has 0 aliphatic heterocycles. The van der Waals surface area contributed by atoms with E-state index >= 15 is 0 Å². The number of nitrogens with zero attached hydrogens (tertiary/aromatic N) is 4. The van der Waals surface area contributed by atoms with Gasteiger partial charge in [0.05, 0.1) is 55.3 Å². The first-order valence-electron chi connectivity index (χ1n) is 16.1. The Kier molecular flexibility index (Phi) is 5.84. The largest absolute Gasteiger partial charge is 0.308 e. The van der Waals surface area contributed by atoms with Gasteiger partial charge in [0, 0.05) is 42.6 Å². The van der Waals surface area contributed by atoms with E-state index < -0.39 is 0 Å². The molecule has 0 spiro atoms. The van der Waals surface area contributed by atoms with E-state index in [1.54, 1.807) is 0 Å². The Labute approximate surface area is 285 Å². The summed E-state index contributed by atoms with van der Waals surface area (Å²) in [6.07, 6.45) is 0. The van der Waals surface area contributed by atoms with Gasteiger partial charge in [-0.3, -0.25) is 0 Å². The van der Waals surface area contributed by atoms with Gasteiger partial charge in [0.25, 0.3) is 0 Å². The van der Waals surface area contributed by atoms with Crippen LogP contribution < -0.4 is 0 Å². The Morgan fingerprint density at radius 1 is 0.469 bits per heavy atom. The Hall–Kier alpha value is -6.66. The van der Waals surface area contributed by atoms with Crippen molar-refractivity contribution in [2.75, 3.05) is 0 Å². The second kappa shape index (κ2) is 10.4. The number of para-hydroxylation sites is 3. The van der Waals surface area contributed by atoms with E-state index in [0.717, 1.165) is 60.7 Å². The quantitative estimate of drug-likeness (QED) is 0.193. The minimum absolute atomic E-state index is 0.587. The van der Waals surface area contributed by atoms with Gasteiger partial charge in [-0.15, -0.1) is 11.3 Å². The van der Waals surface area contributed by atoms with Gasteiger partial charge in [-0.2, -0.15) is 10.5 Å². The molecule has 49 heavy (non-hydrogen) atoms. The second-order valence-corrected chi connectivity index (χ2v) is 13.4. The SMILES string of the molecule is N#Cc1ccc(-c2ccc(C#N)c(-n3c4ccccc4c4ccccc43)c2)c(-n2c3ccccc3c3ccc4c5ccccc5sc4c32)c1. The average Bonchev–Trinajstić information content (AvgIpc) is 3.82. The van der Waals surface area contributed by atoms with Crippen molar-refractivity contribution in [2.24, 2.45) is 0 Å². The Morgan fingerprint density at radius 2 is 1.08 bits per heavy atom. The molecule has 0 aliphatic carbocycles. The molecule has 10 aromatic rings. The van der Waals surface area contributed by atoms with Crippen molar-refractivity contribution in [2.45, 2.75) is 0 Å². The molecule has 0 amide bonds. The molecular formula is C44H24N4S. The third kappa shape index (κ3) is 3.88. The summed E-state index contributed by atoms with van der Waals surface area (Å²) in [6.45, 7) is 0. The molecule has 0 aliphatic rings. The third-order valence-corrected chi connectivity index (χ3v) is 11.0. The molecule has 0 saturated heterocycles. The summed E-state index contributed by atoms with van der Waals surface area (Å²) < 4.78 is 7.01. The highest BCUT2D eigenvalue weighted by atomic mass is 32.1. The molecule has 0 fully saturated rings. The summed E-state index contributed by atoms with van der Waals surface area (Å²) in [7, 11) is 0. The predicted octanol–water partition coefficient (Wildman–Crippen LogP) is 11.7. The smallest absolute Gasteiger partial charge is 0.101 e. The van der Waals surface area contributed by atoms with Crippen LogP contribution in [0.2, 0.25) is 0 Å². The third-order valence-electron chi connectivity index (χ3n) is 9.80. The zero-order chi connectivity index (χ0) is 32.6. The van der Waals surface area contributed by atoms with Gasteiger partial charge >= 0.3 is 0 Å². The van der Waals surface area contributed by atoms with Crippen molar-refractivity contribution in [3.63, 3.8) is 0 Å². The van der Waals surface area contributed by atoms with Gasteiger partial charge in [-0.1, -0.05) is 97.1 Å². The summed E-state index contributed by atoms with van der Waals surface area (Å²) in [5.74, 6) is 0. The van der Waals surface area contributed by atoms with Crippen LogP contribution >= 0.6 is 11.3 Å². The zero-order valence-electron chi connectivity index (χ0n) is 26.1. The van der Waals surface area contributed by atoms with Crippen LogP contribution in [0.3, 0.4) is 0 Å². The summed E-state index contributed by atoms with van der Waals surface area (Å²) in [5.41, 5.74) is 9.17. The molecule has 0 N–H and O–H groups in total. The number of benzene rings is 7. The molecule has 0 atom stereocenters. The number of aromatic nitrogens is 2. The fraction of sp³-hybridized carbons (Fsp3) is 0. The molecule has 0 radical (unpaired) electrons. The van der Waals surface area contributed by atoms with E-state index in [4.69, 9.17) is 0 Å². The monoisotopic (exact) mass is 640 g/mol.